The quantitative estimate of drug-likeness (QED) is 0.806. The summed E-state index contributed by atoms with van der Waals surface area (Å²) < 4.78 is 14.9. The number of halogens is 1. The fourth-order valence-corrected chi connectivity index (χ4v) is 1.84. The van der Waals surface area contributed by atoms with E-state index in [1.165, 1.54) is 22.9 Å². The van der Waals surface area contributed by atoms with E-state index in [1.54, 1.807) is 13.0 Å². The van der Waals surface area contributed by atoms with Crippen LogP contribution >= 0.6 is 0 Å². The number of anilines is 1. The molecular weight excluding hydrogens is 249 g/mol. The van der Waals surface area contributed by atoms with Crippen molar-refractivity contribution in [2.75, 3.05) is 5.73 Å². The maximum absolute atomic E-state index is 13.7. The normalized spacial score (nSPS) is 10.6. The SMILES string of the molecule is CCc1cn(Cc2c(N)cccc2F)c(=O)[nH]c1=O. The van der Waals surface area contributed by atoms with Gasteiger partial charge in [-0.1, -0.05) is 13.0 Å². The molecule has 0 unspecified atom stereocenters. The van der Waals surface area contributed by atoms with Gasteiger partial charge in [-0.3, -0.25) is 14.3 Å². The van der Waals surface area contributed by atoms with Gasteiger partial charge in [-0.05, 0) is 18.6 Å². The van der Waals surface area contributed by atoms with E-state index in [4.69, 9.17) is 5.73 Å². The molecule has 0 fully saturated rings. The van der Waals surface area contributed by atoms with E-state index in [9.17, 15) is 14.0 Å². The number of aromatic nitrogens is 2. The number of aryl methyl sites for hydroxylation is 1. The molecule has 0 spiro atoms. The predicted molar refractivity (Wildman–Crippen MR) is 70.6 cm³/mol. The molecule has 100 valence electrons. The lowest BCUT2D eigenvalue weighted by molar-refractivity contribution is 0.593. The smallest absolute Gasteiger partial charge is 0.328 e. The lowest BCUT2D eigenvalue weighted by Gasteiger charge is -2.10. The molecule has 2 aromatic rings. The Balaban J connectivity index is 2.50. The maximum Gasteiger partial charge on any atom is 0.328 e. The van der Waals surface area contributed by atoms with Crippen LogP contribution in [0.2, 0.25) is 0 Å². The van der Waals surface area contributed by atoms with Crippen LogP contribution in [0, 0.1) is 5.82 Å². The number of hydrogen-bond donors (Lipinski definition) is 2. The van der Waals surface area contributed by atoms with Gasteiger partial charge < -0.3 is 5.73 Å². The van der Waals surface area contributed by atoms with Gasteiger partial charge >= 0.3 is 5.69 Å². The zero-order valence-corrected chi connectivity index (χ0v) is 10.4. The summed E-state index contributed by atoms with van der Waals surface area (Å²) >= 11 is 0. The molecule has 0 aliphatic heterocycles. The van der Waals surface area contributed by atoms with Gasteiger partial charge in [0.2, 0.25) is 0 Å². The number of rotatable bonds is 3. The Morgan fingerprint density at radius 2 is 2.11 bits per heavy atom. The second-order valence-corrected chi connectivity index (χ2v) is 4.20. The number of aromatic amines is 1. The summed E-state index contributed by atoms with van der Waals surface area (Å²) in [4.78, 5) is 25.3. The van der Waals surface area contributed by atoms with E-state index in [1.807, 2.05) is 0 Å². The summed E-state index contributed by atoms with van der Waals surface area (Å²) in [5.41, 5.74) is 5.68. The van der Waals surface area contributed by atoms with Gasteiger partial charge in [0, 0.05) is 23.0 Å². The lowest BCUT2D eigenvalue weighted by Crippen LogP contribution is -2.32. The van der Waals surface area contributed by atoms with Crippen LogP contribution in [0.15, 0.2) is 34.0 Å². The molecule has 5 nitrogen and oxygen atoms in total. The van der Waals surface area contributed by atoms with E-state index >= 15 is 0 Å². The van der Waals surface area contributed by atoms with Gasteiger partial charge in [0.15, 0.2) is 0 Å². The highest BCUT2D eigenvalue weighted by atomic mass is 19.1. The van der Waals surface area contributed by atoms with Crippen LogP contribution in [0.25, 0.3) is 0 Å². The molecule has 1 aromatic carbocycles. The van der Waals surface area contributed by atoms with Crippen molar-refractivity contribution < 1.29 is 4.39 Å². The average Bonchev–Trinajstić information content (AvgIpc) is 2.36. The molecule has 0 atom stereocenters. The van der Waals surface area contributed by atoms with Crippen LogP contribution in [0.1, 0.15) is 18.1 Å². The molecule has 19 heavy (non-hydrogen) atoms. The molecule has 1 heterocycles. The molecule has 1 aromatic heterocycles. The van der Waals surface area contributed by atoms with Crippen molar-refractivity contribution >= 4 is 5.69 Å². The summed E-state index contributed by atoms with van der Waals surface area (Å²) in [5, 5.41) is 0. The molecule has 2 rings (SSSR count). The largest absolute Gasteiger partial charge is 0.398 e. The van der Waals surface area contributed by atoms with Gasteiger partial charge in [-0.2, -0.15) is 0 Å². The van der Waals surface area contributed by atoms with Crippen LogP contribution in [0.4, 0.5) is 10.1 Å². The van der Waals surface area contributed by atoms with Crippen molar-refractivity contribution in [3.05, 3.63) is 62.2 Å². The molecule has 0 saturated heterocycles. The highest BCUT2D eigenvalue weighted by Gasteiger charge is 2.09. The van der Waals surface area contributed by atoms with Crippen molar-refractivity contribution in [1.82, 2.24) is 9.55 Å². The van der Waals surface area contributed by atoms with Gasteiger partial charge in [0.25, 0.3) is 5.56 Å². The van der Waals surface area contributed by atoms with Crippen LogP contribution in [0.3, 0.4) is 0 Å². The van der Waals surface area contributed by atoms with Crippen molar-refractivity contribution in [2.45, 2.75) is 19.9 Å². The summed E-state index contributed by atoms with van der Waals surface area (Å²) in [6.07, 6.45) is 1.93. The van der Waals surface area contributed by atoms with Gasteiger partial charge in [-0.15, -0.1) is 0 Å². The molecular formula is C13H14FN3O2. The van der Waals surface area contributed by atoms with Gasteiger partial charge in [0.05, 0.1) is 6.54 Å². The van der Waals surface area contributed by atoms with Crippen LogP contribution in [0.5, 0.6) is 0 Å². The Morgan fingerprint density at radius 1 is 1.37 bits per heavy atom. The number of nitrogens with one attached hydrogen (secondary N) is 1. The minimum Gasteiger partial charge on any atom is -0.398 e. The first-order valence-corrected chi connectivity index (χ1v) is 5.88. The summed E-state index contributed by atoms with van der Waals surface area (Å²) in [6, 6.07) is 4.35. The maximum atomic E-state index is 13.7. The molecule has 0 aliphatic rings. The van der Waals surface area contributed by atoms with Crippen molar-refractivity contribution in [3.63, 3.8) is 0 Å². The second-order valence-electron chi connectivity index (χ2n) is 4.20. The number of nitrogens with zero attached hydrogens (tertiary/aromatic N) is 1. The number of nitrogen functional groups attached to an aromatic ring is 1. The fraction of sp³-hybridized carbons (Fsp3) is 0.231. The second kappa shape index (κ2) is 5.09. The molecule has 0 radical (unpaired) electrons. The van der Waals surface area contributed by atoms with Crippen LogP contribution < -0.4 is 17.0 Å². The van der Waals surface area contributed by atoms with E-state index in [2.05, 4.69) is 4.98 Å². The summed E-state index contributed by atoms with van der Waals surface area (Å²) in [7, 11) is 0. The van der Waals surface area contributed by atoms with E-state index in [0.717, 1.165) is 0 Å². The zero-order chi connectivity index (χ0) is 14.0. The monoisotopic (exact) mass is 263 g/mol. The zero-order valence-electron chi connectivity index (χ0n) is 10.4. The molecule has 0 bridgehead atoms. The molecule has 3 N–H and O–H groups in total. The topological polar surface area (TPSA) is 80.9 Å². The number of nitrogens with two attached hydrogens (primary N) is 1. The molecule has 6 heteroatoms. The van der Waals surface area contributed by atoms with Crippen molar-refractivity contribution in [2.24, 2.45) is 0 Å². The minimum absolute atomic E-state index is 0.0128. The third kappa shape index (κ3) is 2.57. The highest BCUT2D eigenvalue weighted by molar-refractivity contribution is 5.47. The Morgan fingerprint density at radius 3 is 2.74 bits per heavy atom. The van der Waals surface area contributed by atoms with E-state index in [-0.39, 0.29) is 17.8 Å². The first-order chi connectivity index (χ1) is 9.02. The van der Waals surface area contributed by atoms with Crippen molar-refractivity contribution in [3.8, 4) is 0 Å². The van der Waals surface area contributed by atoms with Crippen LogP contribution in [-0.4, -0.2) is 9.55 Å². The number of hydrogen-bond acceptors (Lipinski definition) is 3. The van der Waals surface area contributed by atoms with Gasteiger partial charge in [0.1, 0.15) is 5.82 Å². The van der Waals surface area contributed by atoms with Crippen molar-refractivity contribution in [1.29, 1.82) is 0 Å². The average molecular weight is 263 g/mol. The summed E-state index contributed by atoms with van der Waals surface area (Å²) in [5.74, 6) is -0.476. The first kappa shape index (κ1) is 13.1. The van der Waals surface area contributed by atoms with Gasteiger partial charge in [-0.25, -0.2) is 9.18 Å². The minimum atomic E-state index is -0.579. The third-order valence-electron chi connectivity index (χ3n) is 2.95. The Kier molecular flexibility index (Phi) is 3.50. The molecule has 0 aliphatic carbocycles. The molecule has 0 amide bonds. The summed E-state index contributed by atoms with van der Waals surface area (Å²) in [6.45, 7) is 1.79. The van der Waals surface area contributed by atoms with Crippen LogP contribution in [-0.2, 0) is 13.0 Å². The predicted octanol–water partition coefficient (Wildman–Crippen LogP) is 0.869. The van der Waals surface area contributed by atoms with E-state index in [0.29, 0.717) is 12.0 Å². The third-order valence-corrected chi connectivity index (χ3v) is 2.95. The van der Waals surface area contributed by atoms with E-state index < -0.39 is 17.1 Å². The number of benzene rings is 1. The Bertz CT molecular complexity index is 698. The lowest BCUT2D eigenvalue weighted by atomic mass is 10.1. The first-order valence-electron chi connectivity index (χ1n) is 5.88. The highest BCUT2D eigenvalue weighted by Crippen LogP contribution is 2.16. The number of H-pyrrole nitrogens is 1. The fourth-order valence-electron chi connectivity index (χ4n) is 1.84. The molecule has 0 saturated carbocycles. The standard InChI is InChI=1S/C13H14FN3O2/c1-2-8-6-17(13(19)16-12(8)18)7-9-10(14)4-3-5-11(9)15/h3-6H,2,7,15H2,1H3,(H,16,18,19). The Hall–Kier alpha value is -2.37. The Labute approximate surface area is 108 Å².